The van der Waals surface area contributed by atoms with Crippen molar-refractivity contribution in [1.82, 2.24) is 0 Å². The summed E-state index contributed by atoms with van der Waals surface area (Å²) < 4.78 is 5.00. The highest BCUT2D eigenvalue weighted by Crippen LogP contribution is 2.27. The number of ether oxygens (including phenoxy) is 1. The Bertz CT molecular complexity index is 615. The van der Waals surface area contributed by atoms with E-state index in [-0.39, 0.29) is 24.2 Å². The number of hydrogen-bond donors (Lipinski definition) is 1. The van der Waals surface area contributed by atoms with E-state index in [9.17, 15) is 14.4 Å². The molecule has 2 rings (SSSR count). The Kier molecular flexibility index (Phi) is 6.35. The van der Waals surface area contributed by atoms with Crippen molar-refractivity contribution >= 4 is 29.2 Å². The van der Waals surface area contributed by atoms with Gasteiger partial charge in [-0.05, 0) is 31.5 Å². The number of nitrogens with one attached hydrogen (secondary N) is 1. The van der Waals surface area contributed by atoms with E-state index in [0.29, 0.717) is 30.9 Å². The van der Waals surface area contributed by atoms with Gasteiger partial charge >= 0.3 is 5.97 Å². The maximum absolute atomic E-state index is 12.2. The van der Waals surface area contributed by atoms with Crippen LogP contribution < -0.4 is 10.2 Å². The predicted molar refractivity (Wildman–Crippen MR) is 91.7 cm³/mol. The van der Waals surface area contributed by atoms with Gasteiger partial charge < -0.3 is 15.0 Å². The second-order valence-electron chi connectivity index (χ2n) is 5.86. The number of nitrogens with zero attached hydrogens (tertiary/aromatic N) is 1. The van der Waals surface area contributed by atoms with Gasteiger partial charge in [-0.25, -0.2) is 0 Å². The summed E-state index contributed by atoms with van der Waals surface area (Å²) in [6.07, 6.45) is 2.45. The van der Waals surface area contributed by atoms with Gasteiger partial charge in [0, 0.05) is 30.8 Å². The van der Waals surface area contributed by atoms with Crippen LogP contribution in [-0.2, 0) is 19.1 Å². The zero-order chi connectivity index (χ0) is 17.5. The smallest absolute Gasteiger partial charge is 0.311 e. The molecule has 0 bridgehead atoms. The summed E-state index contributed by atoms with van der Waals surface area (Å²) in [6, 6.07) is 7.13. The van der Waals surface area contributed by atoms with Crippen LogP contribution in [0.2, 0.25) is 0 Å². The standard InChI is InChI=1S/C18H24N2O4/c1-3-5-9-16(21)19-14-7-6-8-15(11-14)20-12-13(10-17(20)22)18(23)24-4-2/h6-8,11,13H,3-5,9-10,12H2,1-2H3,(H,19,21). The van der Waals surface area contributed by atoms with Crippen molar-refractivity contribution in [1.29, 1.82) is 0 Å². The highest BCUT2D eigenvalue weighted by atomic mass is 16.5. The Hall–Kier alpha value is -2.37. The van der Waals surface area contributed by atoms with E-state index in [2.05, 4.69) is 5.32 Å². The monoisotopic (exact) mass is 332 g/mol. The first-order chi connectivity index (χ1) is 11.5. The number of amides is 2. The highest BCUT2D eigenvalue weighted by molar-refractivity contribution is 6.00. The first-order valence-corrected chi connectivity index (χ1v) is 8.42. The molecule has 1 heterocycles. The molecule has 1 saturated heterocycles. The first kappa shape index (κ1) is 18.0. The van der Waals surface area contributed by atoms with Crippen LogP contribution in [0.3, 0.4) is 0 Å². The lowest BCUT2D eigenvalue weighted by Crippen LogP contribution is -2.26. The highest BCUT2D eigenvalue weighted by Gasteiger charge is 2.36. The zero-order valence-corrected chi connectivity index (χ0v) is 14.2. The number of esters is 1. The lowest BCUT2D eigenvalue weighted by atomic mass is 10.1. The summed E-state index contributed by atoms with van der Waals surface area (Å²) in [7, 11) is 0. The van der Waals surface area contributed by atoms with Crippen molar-refractivity contribution < 1.29 is 19.1 Å². The number of unbranched alkanes of at least 4 members (excludes halogenated alkanes) is 1. The third-order valence-electron chi connectivity index (χ3n) is 3.94. The number of benzene rings is 1. The molecule has 1 aromatic carbocycles. The van der Waals surface area contributed by atoms with Crippen molar-refractivity contribution in [2.45, 2.75) is 39.5 Å². The molecule has 1 unspecified atom stereocenters. The average molecular weight is 332 g/mol. The lowest BCUT2D eigenvalue weighted by molar-refractivity contribution is -0.147. The van der Waals surface area contributed by atoms with E-state index in [4.69, 9.17) is 4.74 Å². The minimum Gasteiger partial charge on any atom is -0.466 e. The van der Waals surface area contributed by atoms with E-state index >= 15 is 0 Å². The molecule has 1 fully saturated rings. The Labute approximate surface area is 142 Å². The number of carbonyl (C=O) groups excluding carboxylic acids is 3. The predicted octanol–water partition coefficient (Wildman–Crippen LogP) is 2.73. The van der Waals surface area contributed by atoms with Gasteiger partial charge in [0.15, 0.2) is 0 Å². The summed E-state index contributed by atoms with van der Waals surface area (Å²) in [5.74, 6) is -0.911. The molecule has 1 atom stereocenters. The molecule has 1 aliphatic rings. The first-order valence-electron chi connectivity index (χ1n) is 8.42. The summed E-state index contributed by atoms with van der Waals surface area (Å²) in [5.41, 5.74) is 1.33. The van der Waals surface area contributed by atoms with Crippen LogP contribution >= 0.6 is 0 Å². The molecule has 24 heavy (non-hydrogen) atoms. The van der Waals surface area contributed by atoms with Crippen LogP contribution in [0.15, 0.2) is 24.3 Å². The lowest BCUT2D eigenvalue weighted by Gasteiger charge is -2.17. The normalized spacial score (nSPS) is 17.0. The number of carbonyl (C=O) groups is 3. The molecule has 1 aliphatic heterocycles. The van der Waals surface area contributed by atoms with Crippen molar-refractivity contribution in [3.63, 3.8) is 0 Å². The molecule has 1 N–H and O–H groups in total. The molecular formula is C18H24N2O4. The van der Waals surface area contributed by atoms with Crippen molar-refractivity contribution in [2.24, 2.45) is 5.92 Å². The number of rotatable bonds is 7. The molecule has 0 saturated carbocycles. The molecule has 2 amide bonds. The minimum absolute atomic E-state index is 0.0360. The minimum atomic E-state index is -0.430. The van der Waals surface area contributed by atoms with E-state index in [0.717, 1.165) is 12.8 Å². The van der Waals surface area contributed by atoms with Crippen LogP contribution in [0.5, 0.6) is 0 Å². The summed E-state index contributed by atoms with van der Waals surface area (Å²) in [5, 5.41) is 2.84. The van der Waals surface area contributed by atoms with Crippen LogP contribution in [0, 0.1) is 5.92 Å². The molecule has 6 nitrogen and oxygen atoms in total. The Morgan fingerprint density at radius 3 is 2.83 bits per heavy atom. The molecule has 0 aromatic heterocycles. The van der Waals surface area contributed by atoms with Gasteiger partial charge in [0.1, 0.15) is 0 Å². The summed E-state index contributed by atoms with van der Waals surface area (Å²) in [4.78, 5) is 37.4. The van der Waals surface area contributed by atoms with Crippen LogP contribution in [-0.4, -0.2) is 30.9 Å². The van der Waals surface area contributed by atoms with Gasteiger partial charge in [0.2, 0.25) is 11.8 Å². The Morgan fingerprint density at radius 2 is 2.12 bits per heavy atom. The SMILES string of the molecule is CCCCC(=O)Nc1cccc(N2CC(C(=O)OCC)CC2=O)c1. The Balaban J connectivity index is 2.04. The van der Waals surface area contributed by atoms with E-state index in [1.807, 2.05) is 6.92 Å². The fraction of sp³-hybridized carbons (Fsp3) is 0.500. The summed E-state index contributed by atoms with van der Waals surface area (Å²) in [6.45, 7) is 4.40. The van der Waals surface area contributed by atoms with Gasteiger partial charge in [-0.2, -0.15) is 0 Å². The van der Waals surface area contributed by atoms with Gasteiger partial charge in [0.05, 0.1) is 12.5 Å². The zero-order valence-electron chi connectivity index (χ0n) is 14.2. The maximum atomic E-state index is 12.2. The van der Waals surface area contributed by atoms with E-state index < -0.39 is 5.92 Å². The molecule has 1 aromatic rings. The van der Waals surface area contributed by atoms with Crippen LogP contribution in [0.1, 0.15) is 39.5 Å². The van der Waals surface area contributed by atoms with E-state index in [1.54, 1.807) is 36.1 Å². The maximum Gasteiger partial charge on any atom is 0.311 e. The molecule has 0 radical (unpaired) electrons. The number of hydrogen-bond acceptors (Lipinski definition) is 4. The molecule has 0 spiro atoms. The van der Waals surface area contributed by atoms with Gasteiger partial charge in [-0.3, -0.25) is 14.4 Å². The second kappa shape index (κ2) is 8.47. The third-order valence-corrected chi connectivity index (χ3v) is 3.94. The van der Waals surface area contributed by atoms with Crippen LogP contribution in [0.4, 0.5) is 11.4 Å². The second-order valence-corrected chi connectivity index (χ2v) is 5.86. The molecule has 130 valence electrons. The Morgan fingerprint density at radius 1 is 1.33 bits per heavy atom. The molecule has 6 heteroatoms. The van der Waals surface area contributed by atoms with E-state index in [1.165, 1.54) is 0 Å². The quantitative estimate of drug-likeness (QED) is 0.779. The molecule has 0 aliphatic carbocycles. The average Bonchev–Trinajstić information content (AvgIpc) is 2.95. The van der Waals surface area contributed by atoms with Crippen LogP contribution in [0.25, 0.3) is 0 Å². The fourth-order valence-electron chi connectivity index (χ4n) is 2.69. The third kappa shape index (κ3) is 4.57. The number of anilines is 2. The van der Waals surface area contributed by atoms with Crippen molar-refractivity contribution in [3.8, 4) is 0 Å². The van der Waals surface area contributed by atoms with Gasteiger partial charge in [-0.15, -0.1) is 0 Å². The van der Waals surface area contributed by atoms with Gasteiger partial charge in [0.25, 0.3) is 0 Å². The summed E-state index contributed by atoms with van der Waals surface area (Å²) >= 11 is 0. The fourth-order valence-corrected chi connectivity index (χ4v) is 2.69. The molecular weight excluding hydrogens is 308 g/mol. The largest absolute Gasteiger partial charge is 0.466 e. The topological polar surface area (TPSA) is 75.7 Å². The van der Waals surface area contributed by atoms with Gasteiger partial charge in [-0.1, -0.05) is 19.4 Å². The van der Waals surface area contributed by atoms with Crippen molar-refractivity contribution in [2.75, 3.05) is 23.4 Å². The van der Waals surface area contributed by atoms with Crippen molar-refractivity contribution in [3.05, 3.63) is 24.3 Å².